The second-order valence-electron chi connectivity index (χ2n) is 5.46. The SMILES string of the molecule is CCOc1cc(/C=C(\C#N)C(=O)Nc2cccc(C(=O)[O-])c2)cc(I)c1OC. The molecule has 0 heterocycles. The number of nitrogens with zero attached hydrogens (tertiary/aromatic N) is 1. The molecule has 0 bridgehead atoms. The maximum absolute atomic E-state index is 12.4. The molecule has 0 aromatic heterocycles. The van der Waals surface area contributed by atoms with Crippen LogP contribution in [0.5, 0.6) is 11.5 Å². The molecule has 0 aliphatic heterocycles. The van der Waals surface area contributed by atoms with Gasteiger partial charge in [-0.1, -0.05) is 12.1 Å². The molecular weight excluding hydrogens is 475 g/mol. The van der Waals surface area contributed by atoms with Crippen molar-refractivity contribution in [2.75, 3.05) is 19.0 Å². The van der Waals surface area contributed by atoms with E-state index in [9.17, 15) is 20.0 Å². The number of anilines is 1. The van der Waals surface area contributed by atoms with E-state index in [1.165, 1.54) is 37.5 Å². The number of benzene rings is 2. The van der Waals surface area contributed by atoms with E-state index < -0.39 is 11.9 Å². The average Bonchev–Trinajstić information content (AvgIpc) is 2.66. The van der Waals surface area contributed by atoms with Gasteiger partial charge in [-0.2, -0.15) is 5.26 Å². The average molecular weight is 491 g/mol. The summed E-state index contributed by atoms with van der Waals surface area (Å²) in [6, 6.07) is 10.9. The molecule has 28 heavy (non-hydrogen) atoms. The molecule has 0 atom stereocenters. The van der Waals surface area contributed by atoms with E-state index in [2.05, 4.69) is 27.9 Å². The maximum Gasteiger partial charge on any atom is 0.266 e. The van der Waals surface area contributed by atoms with Crippen molar-refractivity contribution in [3.05, 3.63) is 56.7 Å². The van der Waals surface area contributed by atoms with Crippen LogP contribution < -0.4 is 19.9 Å². The Hall–Kier alpha value is -3.06. The number of carboxylic acid groups (broad SMARTS) is 1. The van der Waals surface area contributed by atoms with Gasteiger partial charge in [0.25, 0.3) is 5.91 Å². The molecule has 0 unspecified atom stereocenters. The predicted molar refractivity (Wildman–Crippen MR) is 110 cm³/mol. The molecule has 7 nitrogen and oxygen atoms in total. The van der Waals surface area contributed by atoms with Gasteiger partial charge in [0, 0.05) is 5.69 Å². The zero-order chi connectivity index (χ0) is 20.7. The first-order chi connectivity index (χ1) is 13.4. The smallest absolute Gasteiger partial charge is 0.266 e. The molecule has 0 aliphatic rings. The third-order valence-electron chi connectivity index (χ3n) is 3.57. The van der Waals surface area contributed by atoms with Crippen LogP contribution in [0.25, 0.3) is 6.08 Å². The molecule has 0 saturated heterocycles. The topological polar surface area (TPSA) is 111 Å². The summed E-state index contributed by atoms with van der Waals surface area (Å²) >= 11 is 2.08. The summed E-state index contributed by atoms with van der Waals surface area (Å²) in [7, 11) is 1.53. The summed E-state index contributed by atoms with van der Waals surface area (Å²) < 4.78 is 11.6. The van der Waals surface area contributed by atoms with Gasteiger partial charge in [-0.3, -0.25) is 4.79 Å². The summed E-state index contributed by atoms with van der Waals surface area (Å²) in [5.41, 5.74) is 0.602. The van der Waals surface area contributed by atoms with Gasteiger partial charge in [0.1, 0.15) is 11.6 Å². The van der Waals surface area contributed by atoms with Crippen LogP contribution in [0.1, 0.15) is 22.8 Å². The number of carboxylic acids is 1. The number of aromatic carboxylic acids is 1. The van der Waals surface area contributed by atoms with Crippen LogP contribution in [-0.4, -0.2) is 25.6 Å². The van der Waals surface area contributed by atoms with Crippen LogP contribution in [0.4, 0.5) is 5.69 Å². The minimum absolute atomic E-state index is 0.0775. The first kappa shape index (κ1) is 21.2. The lowest BCUT2D eigenvalue weighted by molar-refractivity contribution is -0.255. The third-order valence-corrected chi connectivity index (χ3v) is 4.37. The predicted octanol–water partition coefficient (Wildman–Crippen LogP) is 2.61. The standard InChI is InChI=1S/C20H17IN2O5/c1-3-28-17-9-12(8-16(21)18(17)27-2)7-14(11-22)19(24)23-15-6-4-5-13(10-15)20(25)26/h4-10H,3H2,1-2H3,(H,23,24)(H,25,26)/p-1/b14-7+. The zero-order valence-corrected chi connectivity index (χ0v) is 17.3. The first-order valence-electron chi connectivity index (χ1n) is 8.14. The summed E-state index contributed by atoms with van der Waals surface area (Å²) in [6.45, 7) is 2.27. The Bertz CT molecular complexity index is 979. The molecule has 2 aromatic rings. The Balaban J connectivity index is 2.33. The van der Waals surface area contributed by atoms with Gasteiger partial charge in [0.15, 0.2) is 11.5 Å². The van der Waals surface area contributed by atoms with Crippen LogP contribution in [0.2, 0.25) is 0 Å². The van der Waals surface area contributed by atoms with Crippen molar-refractivity contribution >= 4 is 46.2 Å². The van der Waals surface area contributed by atoms with Gasteiger partial charge in [0.05, 0.1) is 23.3 Å². The van der Waals surface area contributed by atoms with Crippen molar-refractivity contribution in [2.45, 2.75) is 6.92 Å². The number of hydrogen-bond acceptors (Lipinski definition) is 6. The first-order valence-corrected chi connectivity index (χ1v) is 9.22. The van der Waals surface area contributed by atoms with E-state index in [1.807, 2.05) is 13.0 Å². The Morgan fingerprint density at radius 2 is 2.07 bits per heavy atom. The van der Waals surface area contributed by atoms with Gasteiger partial charge in [0.2, 0.25) is 0 Å². The fourth-order valence-electron chi connectivity index (χ4n) is 2.37. The Morgan fingerprint density at radius 1 is 1.32 bits per heavy atom. The Morgan fingerprint density at radius 3 is 2.68 bits per heavy atom. The molecule has 0 spiro atoms. The molecule has 1 amide bonds. The Labute approximate surface area is 175 Å². The highest BCUT2D eigenvalue weighted by Crippen LogP contribution is 2.34. The number of halogens is 1. The minimum atomic E-state index is -1.36. The number of carbonyl (C=O) groups is 2. The van der Waals surface area contributed by atoms with E-state index in [0.717, 1.165) is 3.57 Å². The van der Waals surface area contributed by atoms with Crippen LogP contribution in [0, 0.1) is 14.9 Å². The normalized spacial score (nSPS) is 10.7. The summed E-state index contributed by atoms with van der Waals surface area (Å²) in [5.74, 6) is -0.950. The molecule has 2 aromatic carbocycles. The van der Waals surface area contributed by atoms with Gasteiger partial charge >= 0.3 is 0 Å². The maximum atomic E-state index is 12.4. The zero-order valence-electron chi connectivity index (χ0n) is 15.1. The van der Waals surface area contributed by atoms with Crippen molar-refractivity contribution in [3.8, 4) is 17.6 Å². The molecule has 0 saturated carbocycles. The molecule has 0 radical (unpaired) electrons. The molecular formula is C20H16IN2O5-. The molecule has 8 heteroatoms. The monoisotopic (exact) mass is 491 g/mol. The van der Waals surface area contributed by atoms with Crippen molar-refractivity contribution in [3.63, 3.8) is 0 Å². The van der Waals surface area contributed by atoms with Gasteiger partial charge < -0.3 is 24.7 Å². The quantitative estimate of drug-likeness (QED) is 0.362. The molecule has 0 fully saturated rings. The third kappa shape index (κ3) is 5.23. The van der Waals surface area contributed by atoms with Gasteiger partial charge in [-0.15, -0.1) is 0 Å². The summed E-state index contributed by atoms with van der Waals surface area (Å²) in [6.07, 6.45) is 1.42. The number of ether oxygens (including phenoxy) is 2. The number of carbonyl (C=O) groups excluding carboxylic acids is 2. The van der Waals surface area contributed by atoms with Crippen molar-refractivity contribution in [1.29, 1.82) is 5.26 Å². The number of nitrogens with one attached hydrogen (secondary N) is 1. The highest BCUT2D eigenvalue weighted by Gasteiger charge is 2.14. The van der Waals surface area contributed by atoms with E-state index in [1.54, 1.807) is 12.1 Å². The van der Waals surface area contributed by atoms with Crippen molar-refractivity contribution in [1.82, 2.24) is 0 Å². The number of rotatable bonds is 7. The fourth-order valence-corrected chi connectivity index (χ4v) is 3.22. The van der Waals surface area contributed by atoms with E-state index in [0.29, 0.717) is 23.7 Å². The highest BCUT2D eigenvalue weighted by atomic mass is 127. The second kappa shape index (κ2) is 9.75. The molecule has 144 valence electrons. The van der Waals surface area contributed by atoms with E-state index in [4.69, 9.17) is 9.47 Å². The minimum Gasteiger partial charge on any atom is -0.545 e. The van der Waals surface area contributed by atoms with Crippen molar-refractivity contribution < 1.29 is 24.2 Å². The summed E-state index contributed by atoms with van der Waals surface area (Å²) in [5, 5.41) is 22.8. The van der Waals surface area contributed by atoms with Crippen LogP contribution in [-0.2, 0) is 4.79 Å². The van der Waals surface area contributed by atoms with E-state index >= 15 is 0 Å². The summed E-state index contributed by atoms with van der Waals surface area (Å²) in [4.78, 5) is 23.4. The van der Waals surface area contributed by atoms with Gasteiger partial charge in [-0.25, -0.2) is 0 Å². The number of methoxy groups -OCH3 is 1. The highest BCUT2D eigenvalue weighted by molar-refractivity contribution is 14.1. The number of amides is 1. The Kier molecular flexibility index (Phi) is 7.40. The molecule has 0 aliphatic carbocycles. The molecule has 2 rings (SSSR count). The van der Waals surface area contributed by atoms with Crippen LogP contribution >= 0.6 is 22.6 Å². The number of nitriles is 1. The lowest BCUT2D eigenvalue weighted by Crippen LogP contribution is -2.22. The lowest BCUT2D eigenvalue weighted by Gasteiger charge is -2.12. The van der Waals surface area contributed by atoms with Crippen LogP contribution in [0.3, 0.4) is 0 Å². The fraction of sp³-hybridized carbons (Fsp3) is 0.150. The van der Waals surface area contributed by atoms with Crippen molar-refractivity contribution in [2.24, 2.45) is 0 Å². The van der Waals surface area contributed by atoms with Gasteiger partial charge in [-0.05, 0) is 71.0 Å². The number of hydrogen-bond donors (Lipinski definition) is 1. The van der Waals surface area contributed by atoms with Crippen LogP contribution in [0.15, 0.2) is 42.0 Å². The molecule has 1 N–H and O–H groups in total. The largest absolute Gasteiger partial charge is 0.545 e. The lowest BCUT2D eigenvalue weighted by atomic mass is 10.1. The second-order valence-corrected chi connectivity index (χ2v) is 6.62. The van der Waals surface area contributed by atoms with E-state index in [-0.39, 0.29) is 16.8 Å².